The van der Waals surface area contributed by atoms with Crippen molar-refractivity contribution in [3.8, 4) is 0 Å². The smallest absolute Gasteiger partial charge is 0.338 e. The highest BCUT2D eigenvalue weighted by molar-refractivity contribution is 5.91. The number of carbonyl (C=O) groups excluding carboxylic acids is 3. The summed E-state index contributed by atoms with van der Waals surface area (Å²) in [6.45, 7) is 1.08. The third kappa shape index (κ3) is 5.64. The Morgan fingerprint density at radius 2 is 1.09 bits per heavy atom. The van der Waals surface area contributed by atoms with Crippen LogP contribution >= 0.6 is 0 Å². The fourth-order valence-electron chi connectivity index (χ4n) is 3.26. The van der Waals surface area contributed by atoms with Crippen molar-refractivity contribution in [3.63, 3.8) is 0 Å². The molecule has 3 aromatic rings. The first-order valence-corrected chi connectivity index (χ1v) is 10.3. The van der Waals surface area contributed by atoms with E-state index < -0.39 is 36.2 Å². The maximum atomic E-state index is 12.7. The summed E-state index contributed by atoms with van der Waals surface area (Å²) in [4.78, 5) is 37.5. The van der Waals surface area contributed by atoms with Gasteiger partial charge in [-0.1, -0.05) is 54.6 Å². The fraction of sp³-hybridized carbons (Fsp3) is 0.154. The highest BCUT2D eigenvalue weighted by Gasteiger charge is 2.44. The zero-order valence-corrected chi connectivity index (χ0v) is 17.5. The molecular formula is C26H21O7. The van der Waals surface area contributed by atoms with Gasteiger partial charge in [-0.2, -0.15) is 0 Å². The molecule has 0 amide bonds. The lowest BCUT2D eigenvalue weighted by molar-refractivity contribution is -0.0431. The first kappa shape index (κ1) is 22.2. The van der Waals surface area contributed by atoms with E-state index in [0.29, 0.717) is 16.7 Å². The molecule has 0 unspecified atom stereocenters. The van der Waals surface area contributed by atoms with Crippen molar-refractivity contribution in [1.29, 1.82) is 0 Å². The van der Waals surface area contributed by atoms with Gasteiger partial charge in [-0.3, -0.25) is 0 Å². The lowest BCUT2D eigenvalue weighted by Gasteiger charge is -2.23. The van der Waals surface area contributed by atoms with E-state index in [2.05, 4.69) is 0 Å². The Bertz CT molecular complexity index is 1080. The molecule has 0 N–H and O–H groups in total. The number of rotatable bonds is 7. The van der Waals surface area contributed by atoms with Crippen molar-refractivity contribution in [2.75, 3.05) is 6.61 Å². The van der Waals surface area contributed by atoms with Crippen LogP contribution in [0.1, 0.15) is 31.1 Å². The second kappa shape index (κ2) is 10.6. The molecule has 1 aliphatic heterocycles. The zero-order valence-electron chi connectivity index (χ0n) is 17.5. The highest BCUT2D eigenvalue weighted by Crippen LogP contribution is 2.26. The molecule has 0 aliphatic carbocycles. The van der Waals surface area contributed by atoms with Crippen LogP contribution in [-0.2, 0) is 18.9 Å². The number of esters is 3. The van der Waals surface area contributed by atoms with Gasteiger partial charge in [-0.15, -0.1) is 0 Å². The molecule has 1 saturated heterocycles. The quantitative estimate of drug-likeness (QED) is 0.403. The molecule has 3 aromatic carbocycles. The van der Waals surface area contributed by atoms with Crippen LogP contribution in [0.4, 0.5) is 0 Å². The minimum Gasteiger partial charge on any atom is -0.459 e. The van der Waals surface area contributed by atoms with Crippen molar-refractivity contribution in [2.45, 2.75) is 18.3 Å². The molecular weight excluding hydrogens is 424 g/mol. The van der Waals surface area contributed by atoms with Crippen LogP contribution in [0, 0.1) is 6.61 Å². The topological polar surface area (TPSA) is 88.1 Å². The average molecular weight is 445 g/mol. The van der Waals surface area contributed by atoms with Crippen molar-refractivity contribution in [2.24, 2.45) is 0 Å². The summed E-state index contributed by atoms with van der Waals surface area (Å²) in [6, 6.07) is 25.3. The molecule has 3 atom stereocenters. The van der Waals surface area contributed by atoms with E-state index in [1.165, 1.54) is 6.61 Å². The Morgan fingerprint density at radius 3 is 1.61 bits per heavy atom. The predicted octanol–water partition coefficient (Wildman–Crippen LogP) is 3.86. The largest absolute Gasteiger partial charge is 0.459 e. The average Bonchev–Trinajstić information content (AvgIpc) is 3.24. The van der Waals surface area contributed by atoms with Crippen LogP contribution in [0.5, 0.6) is 0 Å². The zero-order chi connectivity index (χ0) is 23.0. The Morgan fingerprint density at radius 1 is 0.636 bits per heavy atom. The van der Waals surface area contributed by atoms with Gasteiger partial charge in [0, 0.05) is 0 Å². The molecule has 1 fully saturated rings. The molecule has 33 heavy (non-hydrogen) atoms. The van der Waals surface area contributed by atoms with Crippen LogP contribution in [0.15, 0.2) is 91.0 Å². The normalized spacial score (nSPS) is 19.5. The van der Waals surface area contributed by atoms with Crippen LogP contribution in [0.3, 0.4) is 0 Å². The Balaban J connectivity index is 1.46. The van der Waals surface area contributed by atoms with E-state index >= 15 is 0 Å². The summed E-state index contributed by atoms with van der Waals surface area (Å²) >= 11 is 0. The van der Waals surface area contributed by atoms with Crippen LogP contribution < -0.4 is 0 Å². The van der Waals surface area contributed by atoms with Gasteiger partial charge in [0.15, 0.2) is 12.2 Å². The summed E-state index contributed by atoms with van der Waals surface area (Å²) < 4.78 is 22.1. The number of ether oxygens (including phenoxy) is 4. The van der Waals surface area contributed by atoms with E-state index in [0.717, 1.165) is 0 Å². The Kier molecular flexibility index (Phi) is 7.12. The molecule has 1 aliphatic rings. The van der Waals surface area contributed by atoms with Gasteiger partial charge in [0.2, 0.25) is 0 Å². The summed E-state index contributed by atoms with van der Waals surface area (Å²) in [5, 5.41) is 0. The second-order valence-electron chi connectivity index (χ2n) is 7.25. The van der Waals surface area contributed by atoms with Crippen LogP contribution in [0.2, 0.25) is 0 Å². The summed E-state index contributed by atoms with van der Waals surface area (Å²) in [6.07, 6.45) is -2.83. The van der Waals surface area contributed by atoms with Gasteiger partial charge in [-0.25, -0.2) is 14.4 Å². The fourth-order valence-corrected chi connectivity index (χ4v) is 3.26. The van der Waals surface area contributed by atoms with E-state index in [-0.39, 0.29) is 6.61 Å². The third-order valence-electron chi connectivity index (χ3n) is 4.97. The van der Waals surface area contributed by atoms with Gasteiger partial charge < -0.3 is 18.9 Å². The molecule has 4 rings (SSSR count). The number of hydrogen-bond donors (Lipinski definition) is 0. The molecule has 0 aromatic heterocycles. The summed E-state index contributed by atoms with van der Waals surface area (Å²) in [7, 11) is 0. The van der Waals surface area contributed by atoms with Crippen molar-refractivity contribution >= 4 is 17.9 Å². The monoisotopic (exact) mass is 445 g/mol. The van der Waals surface area contributed by atoms with Gasteiger partial charge in [-0.05, 0) is 36.4 Å². The summed E-state index contributed by atoms with van der Waals surface area (Å²) in [5.74, 6) is -1.75. The summed E-state index contributed by atoms with van der Waals surface area (Å²) in [5.41, 5.74) is 1.06. The van der Waals surface area contributed by atoms with Gasteiger partial charge in [0.25, 0.3) is 0 Å². The molecule has 0 spiro atoms. The standard InChI is InChI=1S/C26H21O7/c27-24(18-10-4-1-5-11-18)31-16-21-23(33-26(29)20-14-8-3-9-15-20)22(17-30-21)32-25(28)19-12-6-2-7-13-19/h1-15,17,21-23H,16H2/t21-,22+,23-/m1/s1. The van der Waals surface area contributed by atoms with Crippen LogP contribution in [-0.4, -0.2) is 42.8 Å². The van der Waals surface area contributed by atoms with E-state index in [1.807, 2.05) is 0 Å². The van der Waals surface area contributed by atoms with E-state index in [1.54, 1.807) is 91.0 Å². The minimum absolute atomic E-state index is 0.198. The molecule has 0 bridgehead atoms. The molecule has 7 nitrogen and oxygen atoms in total. The van der Waals surface area contributed by atoms with E-state index in [9.17, 15) is 14.4 Å². The first-order chi connectivity index (χ1) is 16.1. The number of benzene rings is 3. The Labute approximate surface area is 190 Å². The third-order valence-corrected chi connectivity index (χ3v) is 4.97. The molecule has 1 heterocycles. The Hall–Kier alpha value is -3.97. The van der Waals surface area contributed by atoms with Crippen LogP contribution in [0.25, 0.3) is 0 Å². The van der Waals surface area contributed by atoms with Crippen molar-refractivity contribution in [3.05, 3.63) is 114 Å². The van der Waals surface area contributed by atoms with Gasteiger partial charge >= 0.3 is 17.9 Å². The first-order valence-electron chi connectivity index (χ1n) is 10.3. The van der Waals surface area contributed by atoms with Crippen molar-refractivity contribution in [1.82, 2.24) is 0 Å². The molecule has 167 valence electrons. The van der Waals surface area contributed by atoms with Gasteiger partial charge in [0.1, 0.15) is 19.3 Å². The second-order valence-corrected chi connectivity index (χ2v) is 7.25. The van der Waals surface area contributed by atoms with E-state index in [4.69, 9.17) is 18.9 Å². The maximum Gasteiger partial charge on any atom is 0.338 e. The predicted molar refractivity (Wildman–Crippen MR) is 117 cm³/mol. The number of hydrogen-bond acceptors (Lipinski definition) is 7. The SMILES string of the molecule is O=C(OC[C@H]1O[CH][C@H](OC(=O)c2ccccc2)[C@@H]1OC(=O)c1ccccc1)c1ccccc1. The lowest BCUT2D eigenvalue weighted by atomic mass is 10.1. The lowest BCUT2D eigenvalue weighted by Crippen LogP contribution is -2.40. The number of carbonyl (C=O) groups is 3. The molecule has 1 radical (unpaired) electrons. The molecule has 0 saturated carbocycles. The van der Waals surface area contributed by atoms with Gasteiger partial charge in [0.05, 0.1) is 16.7 Å². The van der Waals surface area contributed by atoms with Crippen molar-refractivity contribution < 1.29 is 33.3 Å². The highest BCUT2D eigenvalue weighted by atomic mass is 16.6. The maximum absolute atomic E-state index is 12.7. The molecule has 7 heteroatoms. The minimum atomic E-state index is -1.01.